The largest absolute Gasteiger partial charge is 0.278 e. The Morgan fingerprint density at radius 1 is 1.30 bits per heavy atom. The Kier molecular flexibility index (Phi) is 4.39. The van der Waals surface area contributed by atoms with E-state index in [2.05, 4.69) is 4.98 Å². The van der Waals surface area contributed by atoms with Crippen LogP contribution in [-0.4, -0.2) is 19.3 Å². The lowest BCUT2D eigenvalue weighted by molar-refractivity contribution is -0.119. The molecule has 0 unspecified atom stereocenters. The van der Waals surface area contributed by atoms with Crippen molar-refractivity contribution in [1.29, 1.82) is 0 Å². The Bertz CT molecular complexity index is 729. The van der Waals surface area contributed by atoms with Crippen LogP contribution in [0, 0.1) is 0 Å². The van der Waals surface area contributed by atoms with Crippen molar-refractivity contribution in [3.8, 4) is 11.3 Å². The molecule has 1 aromatic heterocycles. The lowest BCUT2D eigenvalue weighted by Crippen LogP contribution is -2.40. The summed E-state index contributed by atoms with van der Waals surface area (Å²) in [4.78, 5) is 16.8. The van der Waals surface area contributed by atoms with Gasteiger partial charge in [0.1, 0.15) is 5.69 Å². The highest BCUT2D eigenvalue weighted by molar-refractivity contribution is 7.91. The van der Waals surface area contributed by atoms with E-state index in [1.54, 1.807) is 30.3 Å². The highest BCUT2D eigenvalue weighted by Crippen LogP contribution is 2.33. The number of hydrazine groups is 1. The molecule has 20 heavy (non-hydrogen) atoms. The van der Waals surface area contributed by atoms with Crippen LogP contribution in [0.1, 0.15) is 6.92 Å². The molecule has 0 aliphatic rings. The smallest absolute Gasteiger partial charge is 0.269 e. The van der Waals surface area contributed by atoms with Crippen molar-refractivity contribution in [3.05, 3.63) is 34.8 Å². The highest BCUT2D eigenvalue weighted by Gasteiger charge is 2.24. The number of benzene rings is 1. The van der Waals surface area contributed by atoms with Gasteiger partial charge in [0.25, 0.3) is 10.0 Å². The molecule has 0 saturated carbocycles. The number of carbonyl (C=O) groups is 1. The number of thiazole rings is 1. The summed E-state index contributed by atoms with van der Waals surface area (Å²) in [5.41, 5.74) is 2.90. The summed E-state index contributed by atoms with van der Waals surface area (Å²) in [5.74, 6) is -0.523. The zero-order chi connectivity index (χ0) is 14.8. The third kappa shape index (κ3) is 3.34. The van der Waals surface area contributed by atoms with E-state index in [1.807, 2.05) is 10.3 Å². The summed E-state index contributed by atoms with van der Waals surface area (Å²) in [6, 6.07) is 8.78. The minimum atomic E-state index is -3.92. The highest BCUT2D eigenvalue weighted by atomic mass is 35.5. The molecule has 0 fully saturated rings. The van der Waals surface area contributed by atoms with Crippen molar-refractivity contribution in [2.24, 2.45) is 0 Å². The number of hydrogen-bond donors (Lipinski definition) is 2. The van der Waals surface area contributed by atoms with E-state index in [0.29, 0.717) is 5.56 Å². The van der Waals surface area contributed by atoms with E-state index in [0.717, 1.165) is 11.3 Å². The standard InChI is InChI=1S/C11H10ClN3O3S2/c1-7(16)14-15-20(17,18)10-9(13-11(12)19-10)8-5-3-2-4-6-8/h2-6,15H,1H3,(H,14,16). The number of rotatable bonds is 4. The first-order chi connectivity index (χ1) is 9.40. The van der Waals surface area contributed by atoms with E-state index in [-0.39, 0.29) is 14.4 Å². The van der Waals surface area contributed by atoms with E-state index in [4.69, 9.17) is 11.6 Å². The summed E-state index contributed by atoms with van der Waals surface area (Å²) in [7, 11) is -3.92. The minimum absolute atomic E-state index is 0.0533. The Balaban J connectivity index is 2.45. The Morgan fingerprint density at radius 3 is 2.55 bits per heavy atom. The van der Waals surface area contributed by atoms with Gasteiger partial charge in [-0.3, -0.25) is 10.2 Å². The van der Waals surface area contributed by atoms with Gasteiger partial charge in [-0.25, -0.2) is 13.4 Å². The molecule has 0 spiro atoms. The van der Waals surface area contributed by atoms with Crippen LogP contribution in [-0.2, 0) is 14.8 Å². The van der Waals surface area contributed by atoms with E-state index < -0.39 is 15.9 Å². The molecule has 2 rings (SSSR count). The van der Waals surface area contributed by atoms with Gasteiger partial charge in [-0.1, -0.05) is 53.3 Å². The van der Waals surface area contributed by atoms with Gasteiger partial charge in [-0.15, -0.1) is 4.83 Å². The van der Waals surface area contributed by atoms with Gasteiger partial charge >= 0.3 is 0 Å². The van der Waals surface area contributed by atoms with Gasteiger partial charge in [0.2, 0.25) is 5.91 Å². The molecule has 1 amide bonds. The van der Waals surface area contributed by atoms with Crippen LogP contribution in [0.5, 0.6) is 0 Å². The van der Waals surface area contributed by atoms with Crippen molar-refractivity contribution in [3.63, 3.8) is 0 Å². The SMILES string of the molecule is CC(=O)NNS(=O)(=O)c1sc(Cl)nc1-c1ccccc1. The molecule has 106 valence electrons. The monoisotopic (exact) mass is 331 g/mol. The molecule has 1 heterocycles. The van der Waals surface area contributed by atoms with Gasteiger partial charge in [0.05, 0.1) is 0 Å². The lowest BCUT2D eigenvalue weighted by atomic mass is 10.2. The fraction of sp³-hybridized carbons (Fsp3) is 0.0909. The number of nitrogens with zero attached hydrogens (tertiary/aromatic N) is 1. The number of halogens is 1. The van der Waals surface area contributed by atoms with Crippen molar-refractivity contribution in [2.75, 3.05) is 0 Å². The summed E-state index contributed by atoms with van der Waals surface area (Å²) in [6.45, 7) is 1.19. The molecule has 0 bridgehead atoms. The molecular formula is C11H10ClN3O3S2. The molecule has 0 saturated heterocycles. The van der Waals surface area contributed by atoms with Crippen LogP contribution in [0.4, 0.5) is 0 Å². The van der Waals surface area contributed by atoms with Crippen LogP contribution >= 0.6 is 22.9 Å². The number of nitrogens with one attached hydrogen (secondary N) is 2. The fourth-order valence-electron chi connectivity index (χ4n) is 1.43. The molecule has 0 radical (unpaired) electrons. The number of amides is 1. The summed E-state index contributed by atoms with van der Waals surface area (Å²) < 4.78 is 24.3. The van der Waals surface area contributed by atoms with E-state index in [1.165, 1.54) is 6.92 Å². The zero-order valence-electron chi connectivity index (χ0n) is 10.3. The third-order valence-corrected chi connectivity index (χ3v) is 5.14. The second kappa shape index (κ2) is 5.88. The van der Waals surface area contributed by atoms with Crippen LogP contribution in [0.3, 0.4) is 0 Å². The summed E-state index contributed by atoms with van der Waals surface area (Å²) >= 11 is 6.63. The molecule has 6 nitrogen and oxygen atoms in total. The van der Waals surface area contributed by atoms with Crippen LogP contribution in [0.15, 0.2) is 34.5 Å². The normalized spacial score (nSPS) is 11.3. The third-order valence-electron chi connectivity index (χ3n) is 2.22. The molecule has 0 atom stereocenters. The lowest BCUT2D eigenvalue weighted by Gasteiger charge is -2.06. The predicted octanol–water partition coefficient (Wildman–Crippen LogP) is 1.79. The first-order valence-electron chi connectivity index (χ1n) is 5.40. The van der Waals surface area contributed by atoms with Crippen molar-refractivity contribution in [2.45, 2.75) is 11.1 Å². The summed E-state index contributed by atoms with van der Waals surface area (Å²) in [6.07, 6.45) is 0. The maximum Gasteiger partial charge on any atom is 0.269 e. The quantitative estimate of drug-likeness (QED) is 0.836. The molecule has 2 aromatic rings. The van der Waals surface area contributed by atoms with Crippen LogP contribution in [0.25, 0.3) is 11.3 Å². The first kappa shape index (κ1) is 14.9. The zero-order valence-corrected chi connectivity index (χ0v) is 12.6. The second-order valence-electron chi connectivity index (χ2n) is 3.76. The van der Waals surface area contributed by atoms with E-state index in [9.17, 15) is 13.2 Å². The maximum absolute atomic E-state index is 12.1. The number of hydrogen-bond acceptors (Lipinski definition) is 5. The van der Waals surface area contributed by atoms with Gasteiger partial charge in [-0.2, -0.15) is 0 Å². The van der Waals surface area contributed by atoms with Crippen molar-refractivity contribution < 1.29 is 13.2 Å². The van der Waals surface area contributed by atoms with E-state index >= 15 is 0 Å². The topological polar surface area (TPSA) is 88.2 Å². The average Bonchev–Trinajstić information content (AvgIpc) is 2.81. The fourth-order valence-corrected chi connectivity index (χ4v) is 4.02. The molecule has 0 aliphatic carbocycles. The minimum Gasteiger partial charge on any atom is -0.278 e. The predicted molar refractivity (Wildman–Crippen MR) is 76.7 cm³/mol. The Hall–Kier alpha value is -1.48. The first-order valence-corrected chi connectivity index (χ1v) is 8.08. The Morgan fingerprint density at radius 2 is 1.95 bits per heavy atom. The molecule has 0 aliphatic heterocycles. The van der Waals surface area contributed by atoms with Gasteiger partial charge < -0.3 is 0 Å². The number of carbonyl (C=O) groups excluding carboxylic acids is 1. The van der Waals surface area contributed by atoms with Gasteiger partial charge in [-0.05, 0) is 0 Å². The maximum atomic E-state index is 12.1. The van der Waals surface area contributed by atoms with Crippen LogP contribution in [0.2, 0.25) is 4.47 Å². The van der Waals surface area contributed by atoms with Gasteiger partial charge in [0.15, 0.2) is 8.68 Å². The second-order valence-corrected chi connectivity index (χ2v) is 7.21. The van der Waals surface area contributed by atoms with Crippen molar-refractivity contribution >= 4 is 38.9 Å². The number of sulfonamides is 1. The molecule has 2 N–H and O–H groups in total. The average molecular weight is 332 g/mol. The molecule has 1 aromatic carbocycles. The Labute approximate surface area is 124 Å². The summed E-state index contributed by atoms with van der Waals surface area (Å²) in [5, 5.41) is 0. The van der Waals surface area contributed by atoms with Crippen molar-refractivity contribution in [1.82, 2.24) is 15.2 Å². The number of aromatic nitrogens is 1. The van der Waals surface area contributed by atoms with Crippen LogP contribution < -0.4 is 10.3 Å². The molecular weight excluding hydrogens is 322 g/mol. The van der Waals surface area contributed by atoms with Gasteiger partial charge in [0, 0.05) is 12.5 Å². The molecule has 9 heteroatoms.